The Kier molecular flexibility index (Phi) is 3.82. The Hall–Kier alpha value is -3.34. The second kappa shape index (κ2) is 6.28. The molecule has 2 aromatic heterocycles. The molecule has 2 heterocycles. The summed E-state index contributed by atoms with van der Waals surface area (Å²) in [6, 6.07) is 15.2. The molecule has 4 aromatic rings. The van der Waals surface area contributed by atoms with E-state index in [1.165, 1.54) is 11.9 Å². The van der Waals surface area contributed by atoms with Crippen LogP contribution in [0.2, 0.25) is 0 Å². The van der Waals surface area contributed by atoms with Crippen LogP contribution in [-0.2, 0) is 0 Å². The van der Waals surface area contributed by atoms with E-state index >= 15 is 0 Å². The number of aromatic nitrogens is 3. The summed E-state index contributed by atoms with van der Waals surface area (Å²) < 4.78 is 0. The third-order valence-corrected chi connectivity index (χ3v) is 4.34. The number of aromatic hydroxyl groups is 1. The van der Waals surface area contributed by atoms with Crippen LogP contribution >= 0.6 is 0 Å². The molecule has 5 nitrogen and oxygen atoms in total. The second-order valence-corrected chi connectivity index (χ2v) is 6.01. The van der Waals surface area contributed by atoms with Crippen molar-refractivity contribution in [3.63, 3.8) is 0 Å². The first-order valence-corrected chi connectivity index (χ1v) is 8.10. The van der Waals surface area contributed by atoms with E-state index in [1.807, 2.05) is 24.4 Å². The average Bonchev–Trinajstić information content (AvgIpc) is 3.06. The number of nitrogens with zero attached hydrogens (tertiary/aromatic N) is 2. The number of para-hydroxylation sites is 1. The van der Waals surface area contributed by atoms with Crippen molar-refractivity contribution in [3.05, 3.63) is 83.9 Å². The average molecular weight is 330 g/mol. The molecule has 0 fully saturated rings. The van der Waals surface area contributed by atoms with E-state index in [4.69, 9.17) is 0 Å². The van der Waals surface area contributed by atoms with E-state index in [9.17, 15) is 5.11 Å². The fourth-order valence-electron chi connectivity index (χ4n) is 3.14. The van der Waals surface area contributed by atoms with Crippen molar-refractivity contribution in [2.75, 3.05) is 5.32 Å². The number of benzene rings is 2. The molecule has 5 heteroatoms. The van der Waals surface area contributed by atoms with Crippen LogP contribution in [0.4, 0.5) is 5.82 Å². The number of anilines is 1. The number of phenols is 1. The van der Waals surface area contributed by atoms with E-state index in [1.54, 1.807) is 18.3 Å². The molecule has 0 radical (unpaired) electrons. The van der Waals surface area contributed by atoms with E-state index in [0.717, 1.165) is 27.8 Å². The van der Waals surface area contributed by atoms with Crippen LogP contribution in [0.25, 0.3) is 10.9 Å². The molecule has 2 aromatic carbocycles. The zero-order valence-corrected chi connectivity index (χ0v) is 13.8. The molecular weight excluding hydrogens is 312 g/mol. The molecule has 0 saturated heterocycles. The summed E-state index contributed by atoms with van der Waals surface area (Å²) in [7, 11) is 0. The lowest BCUT2D eigenvalue weighted by molar-refractivity contribution is 0.474. The Labute approximate surface area is 145 Å². The topological polar surface area (TPSA) is 73.8 Å². The largest absolute Gasteiger partial charge is 0.508 e. The van der Waals surface area contributed by atoms with Crippen molar-refractivity contribution in [3.8, 4) is 5.75 Å². The number of H-pyrrole nitrogens is 1. The highest BCUT2D eigenvalue weighted by atomic mass is 16.3. The summed E-state index contributed by atoms with van der Waals surface area (Å²) >= 11 is 0. The number of hydrogen-bond acceptors (Lipinski definition) is 4. The molecule has 0 spiro atoms. The van der Waals surface area contributed by atoms with Gasteiger partial charge in [0.2, 0.25) is 0 Å². The second-order valence-electron chi connectivity index (χ2n) is 6.01. The Morgan fingerprint density at radius 1 is 1.12 bits per heavy atom. The maximum Gasteiger partial charge on any atom is 0.130 e. The van der Waals surface area contributed by atoms with Gasteiger partial charge in [0.25, 0.3) is 0 Å². The lowest BCUT2D eigenvalue weighted by Gasteiger charge is -2.20. The number of nitrogens with one attached hydrogen (secondary N) is 2. The first-order valence-electron chi connectivity index (χ1n) is 8.10. The molecule has 4 rings (SSSR count). The van der Waals surface area contributed by atoms with Crippen molar-refractivity contribution in [2.24, 2.45) is 0 Å². The van der Waals surface area contributed by atoms with Crippen molar-refractivity contribution in [2.45, 2.75) is 13.0 Å². The quantitative estimate of drug-likeness (QED) is 0.525. The van der Waals surface area contributed by atoms with Crippen LogP contribution < -0.4 is 5.32 Å². The molecule has 0 amide bonds. The normalized spacial score (nSPS) is 12.2. The number of phenolic OH excluding ortho intramolecular Hbond substituents is 1. The van der Waals surface area contributed by atoms with Gasteiger partial charge in [-0.05, 0) is 36.2 Å². The van der Waals surface area contributed by atoms with Crippen LogP contribution in [-0.4, -0.2) is 20.1 Å². The van der Waals surface area contributed by atoms with Gasteiger partial charge in [-0.3, -0.25) is 0 Å². The minimum atomic E-state index is -0.155. The first kappa shape index (κ1) is 15.2. The Morgan fingerprint density at radius 3 is 2.80 bits per heavy atom. The summed E-state index contributed by atoms with van der Waals surface area (Å²) in [5, 5.41) is 14.5. The summed E-state index contributed by atoms with van der Waals surface area (Å²) in [6.45, 7) is 2.09. The van der Waals surface area contributed by atoms with Gasteiger partial charge in [0, 0.05) is 28.9 Å². The molecule has 0 bridgehead atoms. The minimum absolute atomic E-state index is 0.155. The predicted octanol–water partition coefficient (Wildman–Crippen LogP) is 4.17. The number of aromatic amines is 1. The molecule has 25 heavy (non-hydrogen) atoms. The smallest absolute Gasteiger partial charge is 0.130 e. The zero-order chi connectivity index (χ0) is 17.2. The molecule has 124 valence electrons. The highest BCUT2D eigenvalue weighted by Crippen LogP contribution is 2.33. The van der Waals surface area contributed by atoms with E-state index in [0.29, 0.717) is 0 Å². The van der Waals surface area contributed by atoms with Crippen LogP contribution in [0.15, 0.2) is 67.3 Å². The molecule has 1 atom stereocenters. The number of fused-ring (bicyclic) bond motifs is 1. The Morgan fingerprint density at radius 2 is 2.00 bits per heavy atom. The standard InChI is InChI=1S/C20H18N4O/c1-13-4-2-7-16-17(11-22-19(13)16)20(14-5-3-6-15(25)10-14)24-18-8-9-21-12-23-18/h2-12,20,22,25H,1H3,(H,21,23,24). The highest BCUT2D eigenvalue weighted by Gasteiger charge is 2.19. The first-order chi connectivity index (χ1) is 12.2. The number of aryl methyl sites for hydroxylation is 1. The third kappa shape index (κ3) is 2.92. The van der Waals surface area contributed by atoms with Crippen molar-refractivity contribution in [1.82, 2.24) is 15.0 Å². The number of hydrogen-bond donors (Lipinski definition) is 3. The van der Waals surface area contributed by atoms with E-state index < -0.39 is 0 Å². The van der Waals surface area contributed by atoms with Gasteiger partial charge in [0.15, 0.2) is 0 Å². The molecule has 0 aliphatic carbocycles. The van der Waals surface area contributed by atoms with E-state index in [-0.39, 0.29) is 11.8 Å². The van der Waals surface area contributed by atoms with Gasteiger partial charge in [-0.15, -0.1) is 0 Å². The Balaban J connectivity index is 1.86. The third-order valence-electron chi connectivity index (χ3n) is 4.34. The maximum atomic E-state index is 9.92. The van der Waals surface area contributed by atoms with E-state index in [2.05, 4.69) is 45.4 Å². The fourth-order valence-corrected chi connectivity index (χ4v) is 3.14. The van der Waals surface area contributed by atoms with Crippen molar-refractivity contribution < 1.29 is 5.11 Å². The van der Waals surface area contributed by atoms with Gasteiger partial charge < -0.3 is 15.4 Å². The van der Waals surface area contributed by atoms with Gasteiger partial charge in [-0.1, -0.05) is 30.3 Å². The molecule has 0 aliphatic rings. The van der Waals surface area contributed by atoms with Crippen LogP contribution in [0.3, 0.4) is 0 Å². The zero-order valence-electron chi connectivity index (χ0n) is 13.8. The minimum Gasteiger partial charge on any atom is -0.508 e. The van der Waals surface area contributed by atoms with Crippen LogP contribution in [0.5, 0.6) is 5.75 Å². The van der Waals surface area contributed by atoms with Crippen LogP contribution in [0.1, 0.15) is 22.7 Å². The lowest BCUT2D eigenvalue weighted by atomic mass is 9.97. The predicted molar refractivity (Wildman–Crippen MR) is 98.6 cm³/mol. The summed E-state index contributed by atoms with van der Waals surface area (Å²) in [4.78, 5) is 11.6. The van der Waals surface area contributed by atoms with Gasteiger partial charge in [-0.2, -0.15) is 0 Å². The lowest BCUT2D eigenvalue weighted by Crippen LogP contribution is -2.13. The van der Waals surface area contributed by atoms with Gasteiger partial charge in [-0.25, -0.2) is 9.97 Å². The molecular formula is C20H18N4O. The molecule has 1 unspecified atom stereocenters. The summed E-state index contributed by atoms with van der Waals surface area (Å²) in [5.74, 6) is 0.966. The summed E-state index contributed by atoms with van der Waals surface area (Å²) in [5.41, 5.74) is 4.37. The SMILES string of the molecule is Cc1cccc2c(C(Nc3ccncn3)c3cccc(O)c3)c[nH]c12. The number of rotatable bonds is 4. The Bertz CT molecular complexity index is 1010. The van der Waals surface area contributed by atoms with Crippen molar-refractivity contribution >= 4 is 16.7 Å². The molecule has 0 aliphatic heterocycles. The fraction of sp³-hybridized carbons (Fsp3) is 0.100. The highest BCUT2D eigenvalue weighted by molar-refractivity contribution is 5.87. The molecule has 0 saturated carbocycles. The maximum absolute atomic E-state index is 9.92. The van der Waals surface area contributed by atoms with Crippen molar-refractivity contribution in [1.29, 1.82) is 0 Å². The monoisotopic (exact) mass is 330 g/mol. The van der Waals surface area contributed by atoms with Crippen LogP contribution in [0, 0.1) is 6.92 Å². The summed E-state index contributed by atoms with van der Waals surface area (Å²) in [6.07, 6.45) is 5.23. The van der Waals surface area contributed by atoms with Gasteiger partial charge in [0.05, 0.1) is 6.04 Å². The van der Waals surface area contributed by atoms with Gasteiger partial charge >= 0.3 is 0 Å². The van der Waals surface area contributed by atoms with Gasteiger partial charge in [0.1, 0.15) is 17.9 Å². The molecule has 3 N–H and O–H groups in total.